The molecule has 1 amide bonds. The van der Waals surface area contributed by atoms with Gasteiger partial charge in [-0.15, -0.1) is 0 Å². The SMILES string of the molecule is Cc1cc(CNC(=O)/C=C/c2ccccc2F)nc(N(C)C)n1. The van der Waals surface area contributed by atoms with Crippen molar-refractivity contribution in [2.75, 3.05) is 19.0 Å². The van der Waals surface area contributed by atoms with Crippen LogP contribution in [-0.2, 0) is 11.3 Å². The summed E-state index contributed by atoms with van der Waals surface area (Å²) in [5, 5.41) is 2.73. The molecule has 0 atom stereocenters. The molecule has 0 radical (unpaired) electrons. The normalized spacial score (nSPS) is 10.8. The monoisotopic (exact) mass is 314 g/mol. The number of nitrogens with zero attached hydrogens (tertiary/aromatic N) is 3. The van der Waals surface area contributed by atoms with Crippen LogP contribution in [0.15, 0.2) is 36.4 Å². The molecule has 2 aromatic rings. The highest BCUT2D eigenvalue weighted by molar-refractivity contribution is 5.91. The van der Waals surface area contributed by atoms with Crippen molar-refractivity contribution in [3.63, 3.8) is 0 Å². The number of nitrogens with one attached hydrogen (secondary N) is 1. The van der Waals surface area contributed by atoms with E-state index in [-0.39, 0.29) is 18.3 Å². The molecule has 1 aromatic heterocycles. The van der Waals surface area contributed by atoms with E-state index < -0.39 is 0 Å². The highest BCUT2D eigenvalue weighted by Gasteiger charge is 2.05. The van der Waals surface area contributed by atoms with Gasteiger partial charge in [0.25, 0.3) is 0 Å². The Morgan fingerprint density at radius 2 is 2.04 bits per heavy atom. The quantitative estimate of drug-likeness (QED) is 0.861. The summed E-state index contributed by atoms with van der Waals surface area (Å²) in [6, 6.07) is 8.09. The highest BCUT2D eigenvalue weighted by atomic mass is 19.1. The third-order valence-corrected chi connectivity index (χ3v) is 3.06. The van der Waals surface area contributed by atoms with Gasteiger partial charge in [-0.05, 0) is 25.1 Å². The minimum atomic E-state index is -0.362. The Morgan fingerprint density at radius 3 is 2.74 bits per heavy atom. The Labute approximate surface area is 134 Å². The molecule has 1 aromatic carbocycles. The fraction of sp³-hybridized carbons (Fsp3) is 0.235. The van der Waals surface area contributed by atoms with E-state index in [0.717, 1.165) is 5.69 Å². The van der Waals surface area contributed by atoms with Gasteiger partial charge in [-0.3, -0.25) is 4.79 Å². The first-order valence-electron chi connectivity index (χ1n) is 7.18. The van der Waals surface area contributed by atoms with Gasteiger partial charge in [0, 0.05) is 31.4 Å². The second-order valence-electron chi connectivity index (χ2n) is 5.27. The number of aryl methyl sites for hydroxylation is 1. The third kappa shape index (κ3) is 4.88. The topological polar surface area (TPSA) is 58.1 Å². The van der Waals surface area contributed by atoms with E-state index in [1.165, 1.54) is 18.2 Å². The molecule has 2 rings (SSSR count). The molecule has 0 saturated carbocycles. The van der Waals surface area contributed by atoms with Crippen LogP contribution in [0.1, 0.15) is 17.0 Å². The van der Waals surface area contributed by atoms with Crippen molar-refractivity contribution >= 4 is 17.9 Å². The number of rotatable bonds is 5. The van der Waals surface area contributed by atoms with Crippen LogP contribution in [-0.4, -0.2) is 30.0 Å². The molecule has 0 fully saturated rings. The lowest BCUT2D eigenvalue weighted by Crippen LogP contribution is -2.22. The summed E-state index contributed by atoms with van der Waals surface area (Å²) in [6.45, 7) is 2.16. The summed E-state index contributed by atoms with van der Waals surface area (Å²) in [4.78, 5) is 22.3. The Kier molecular flexibility index (Phi) is 5.41. The fourth-order valence-corrected chi connectivity index (χ4v) is 1.92. The predicted octanol–water partition coefficient (Wildman–Crippen LogP) is 2.32. The molecule has 6 heteroatoms. The Hall–Kier alpha value is -2.76. The minimum absolute atomic E-state index is 0.282. The largest absolute Gasteiger partial charge is 0.347 e. The van der Waals surface area contributed by atoms with Gasteiger partial charge in [0.15, 0.2) is 0 Å². The van der Waals surface area contributed by atoms with Crippen LogP contribution in [0.3, 0.4) is 0 Å². The van der Waals surface area contributed by atoms with Crippen molar-refractivity contribution in [3.8, 4) is 0 Å². The summed E-state index contributed by atoms with van der Waals surface area (Å²) in [5.41, 5.74) is 1.92. The molecule has 0 spiro atoms. The van der Waals surface area contributed by atoms with Gasteiger partial charge in [0.1, 0.15) is 5.82 Å². The molecule has 120 valence electrons. The van der Waals surface area contributed by atoms with Gasteiger partial charge in [0.2, 0.25) is 11.9 Å². The number of amides is 1. The number of hydrogen-bond donors (Lipinski definition) is 1. The van der Waals surface area contributed by atoms with Gasteiger partial charge in [-0.2, -0.15) is 0 Å². The summed E-state index contributed by atoms with van der Waals surface area (Å²) in [7, 11) is 3.71. The summed E-state index contributed by atoms with van der Waals surface area (Å²) in [5.74, 6) is -0.0781. The average Bonchev–Trinajstić information content (AvgIpc) is 2.51. The molecule has 0 aliphatic carbocycles. The summed E-state index contributed by atoms with van der Waals surface area (Å²) in [6.07, 6.45) is 2.75. The Bertz CT molecular complexity index is 728. The van der Waals surface area contributed by atoms with Crippen molar-refractivity contribution in [1.29, 1.82) is 0 Å². The van der Waals surface area contributed by atoms with Crippen LogP contribution in [0.5, 0.6) is 0 Å². The van der Waals surface area contributed by atoms with Gasteiger partial charge in [0.05, 0.1) is 12.2 Å². The maximum absolute atomic E-state index is 13.5. The number of hydrogen-bond acceptors (Lipinski definition) is 4. The molecule has 0 aliphatic rings. The molecule has 1 N–H and O–H groups in total. The molecular formula is C17H19FN4O. The summed E-state index contributed by atoms with van der Waals surface area (Å²) < 4.78 is 13.5. The molecular weight excluding hydrogens is 295 g/mol. The second-order valence-corrected chi connectivity index (χ2v) is 5.27. The number of aromatic nitrogens is 2. The first-order valence-corrected chi connectivity index (χ1v) is 7.18. The smallest absolute Gasteiger partial charge is 0.244 e. The van der Waals surface area contributed by atoms with E-state index in [9.17, 15) is 9.18 Å². The number of halogens is 1. The number of carbonyl (C=O) groups is 1. The van der Waals surface area contributed by atoms with E-state index in [1.54, 1.807) is 23.1 Å². The van der Waals surface area contributed by atoms with E-state index in [0.29, 0.717) is 17.2 Å². The number of anilines is 1. The van der Waals surface area contributed by atoms with Crippen molar-refractivity contribution in [3.05, 3.63) is 59.2 Å². The average molecular weight is 314 g/mol. The van der Waals surface area contributed by atoms with E-state index >= 15 is 0 Å². The summed E-state index contributed by atoms with van der Waals surface area (Å²) >= 11 is 0. The number of carbonyl (C=O) groups excluding carboxylic acids is 1. The fourth-order valence-electron chi connectivity index (χ4n) is 1.92. The van der Waals surface area contributed by atoms with Crippen molar-refractivity contribution in [1.82, 2.24) is 15.3 Å². The molecule has 5 nitrogen and oxygen atoms in total. The minimum Gasteiger partial charge on any atom is -0.347 e. The van der Waals surface area contributed by atoms with Crippen LogP contribution in [0.2, 0.25) is 0 Å². The van der Waals surface area contributed by atoms with Crippen LogP contribution in [0, 0.1) is 12.7 Å². The van der Waals surface area contributed by atoms with Crippen LogP contribution < -0.4 is 10.2 Å². The first kappa shape index (κ1) is 16.6. The van der Waals surface area contributed by atoms with E-state index in [4.69, 9.17) is 0 Å². The van der Waals surface area contributed by atoms with Crippen molar-refractivity contribution < 1.29 is 9.18 Å². The van der Waals surface area contributed by atoms with E-state index in [2.05, 4.69) is 15.3 Å². The van der Waals surface area contributed by atoms with Crippen molar-refractivity contribution in [2.24, 2.45) is 0 Å². The third-order valence-electron chi connectivity index (χ3n) is 3.06. The molecule has 1 heterocycles. The lowest BCUT2D eigenvalue weighted by Gasteiger charge is -2.12. The standard InChI is InChI=1S/C17H19FN4O/c1-12-10-14(21-17(20-12)22(2)3)11-19-16(23)9-8-13-6-4-5-7-15(13)18/h4-10H,11H2,1-3H3,(H,19,23)/b9-8+. The molecule has 0 saturated heterocycles. The Morgan fingerprint density at radius 1 is 1.30 bits per heavy atom. The lowest BCUT2D eigenvalue weighted by atomic mass is 10.2. The zero-order valence-corrected chi connectivity index (χ0v) is 13.4. The second kappa shape index (κ2) is 7.49. The molecule has 0 bridgehead atoms. The van der Waals surface area contributed by atoms with Gasteiger partial charge in [-0.1, -0.05) is 18.2 Å². The number of benzene rings is 1. The maximum Gasteiger partial charge on any atom is 0.244 e. The molecule has 0 aliphatic heterocycles. The zero-order chi connectivity index (χ0) is 16.8. The lowest BCUT2D eigenvalue weighted by molar-refractivity contribution is -0.116. The zero-order valence-electron chi connectivity index (χ0n) is 13.4. The maximum atomic E-state index is 13.5. The van der Waals surface area contributed by atoms with Crippen molar-refractivity contribution in [2.45, 2.75) is 13.5 Å². The van der Waals surface area contributed by atoms with Gasteiger partial charge < -0.3 is 10.2 Å². The van der Waals surface area contributed by atoms with Crippen LogP contribution >= 0.6 is 0 Å². The van der Waals surface area contributed by atoms with Gasteiger partial charge in [-0.25, -0.2) is 14.4 Å². The molecule has 23 heavy (non-hydrogen) atoms. The first-order chi connectivity index (χ1) is 11.0. The Balaban J connectivity index is 1.98. The predicted molar refractivity (Wildman–Crippen MR) is 88.4 cm³/mol. The van der Waals surface area contributed by atoms with Gasteiger partial charge >= 0.3 is 0 Å². The van der Waals surface area contributed by atoms with Crippen LogP contribution in [0.4, 0.5) is 10.3 Å². The highest BCUT2D eigenvalue weighted by Crippen LogP contribution is 2.09. The molecule has 0 unspecified atom stereocenters. The van der Waals surface area contributed by atoms with Crippen LogP contribution in [0.25, 0.3) is 6.08 Å². The van der Waals surface area contributed by atoms with E-state index in [1.807, 2.05) is 27.1 Å².